The lowest BCUT2D eigenvalue weighted by molar-refractivity contribution is -0.137. The number of pyridine rings is 1. The molecule has 0 amide bonds. The molecule has 2 aromatic heterocycles. The number of nitrogens with zero attached hydrogens (tertiary/aromatic N) is 3. The van der Waals surface area contributed by atoms with Crippen molar-refractivity contribution in [2.75, 3.05) is 5.32 Å². The van der Waals surface area contributed by atoms with E-state index in [1.54, 1.807) is 10.6 Å². The molecule has 94 valence electrons. The Hall–Kier alpha value is -2.37. The number of aromatic nitrogens is 3. The minimum atomic E-state index is -0.926. The number of carboxylic acid groups (broad SMARTS) is 1. The van der Waals surface area contributed by atoms with E-state index < -0.39 is 12.0 Å². The number of carbonyl (C=O) groups is 1. The molecule has 0 aliphatic heterocycles. The molecule has 1 unspecified atom stereocenters. The highest BCUT2D eigenvalue weighted by molar-refractivity contribution is 5.77. The van der Waals surface area contributed by atoms with Gasteiger partial charge in [-0.25, -0.2) is 9.78 Å². The van der Waals surface area contributed by atoms with Gasteiger partial charge in [-0.15, -0.1) is 6.58 Å². The lowest BCUT2D eigenvalue weighted by Gasteiger charge is -2.15. The van der Waals surface area contributed by atoms with Crippen molar-refractivity contribution in [3.8, 4) is 0 Å². The fraction of sp³-hybridized carbons (Fsp3) is 0.250. The Labute approximate surface area is 104 Å². The molecule has 2 heterocycles. The molecule has 6 nitrogen and oxygen atoms in total. The predicted molar refractivity (Wildman–Crippen MR) is 67.6 cm³/mol. The molecule has 0 spiro atoms. The first kappa shape index (κ1) is 12.1. The predicted octanol–water partition coefficient (Wildman–Crippen LogP) is 1.48. The molecule has 0 bridgehead atoms. The summed E-state index contributed by atoms with van der Waals surface area (Å²) in [6, 6.07) is 2.99. The maximum absolute atomic E-state index is 11.1. The Kier molecular flexibility index (Phi) is 3.27. The summed E-state index contributed by atoms with van der Waals surface area (Å²) >= 11 is 0. The summed E-state index contributed by atoms with van der Waals surface area (Å²) < 4.78 is 1.58. The van der Waals surface area contributed by atoms with E-state index in [2.05, 4.69) is 22.0 Å². The lowest BCUT2D eigenvalue weighted by atomic mass is 10.2. The second kappa shape index (κ2) is 4.87. The molecule has 2 N–H and O–H groups in total. The van der Waals surface area contributed by atoms with Gasteiger partial charge in [-0.05, 0) is 31.0 Å². The quantitative estimate of drug-likeness (QED) is 0.781. The largest absolute Gasteiger partial charge is 0.480 e. The van der Waals surface area contributed by atoms with Gasteiger partial charge in [0, 0.05) is 0 Å². The molecule has 0 fully saturated rings. The number of carboxylic acids is 1. The van der Waals surface area contributed by atoms with Gasteiger partial charge >= 0.3 is 5.97 Å². The Balaban J connectivity index is 2.37. The van der Waals surface area contributed by atoms with Crippen LogP contribution < -0.4 is 5.32 Å². The van der Waals surface area contributed by atoms with Crippen LogP contribution in [0.15, 0.2) is 31.1 Å². The van der Waals surface area contributed by atoms with Crippen LogP contribution in [0.4, 0.5) is 5.82 Å². The third kappa shape index (κ3) is 2.32. The van der Waals surface area contributed by atoms with Crippen molar-refractivity contribution in [2.24, 2.45) is 0 Å². The first-order chi connectivity index (χ1) is 8.61. The summed E-state index contributed by atoms with van der Waals surface area (Å²) in [5.41, 5.74) is 1.67. The summed E-state index contributed by atoms with van der Waals surface area (Å²) in [5.74, 6) is -0.318. The van der Waals surface area contributed by atoms with Crippen molar-refractivity contribution < 1.29 is 9.90 Å². The average Bonchev–Trinajstić information content (AvgIpc) is 2.76. The second-order valence-electron chi connectivity index (χ2n) is 4.01. The van der Waals surface area contributed by atoms with Crippen LogP contribution in [0.3, 0.4) is 0 Å². The highest BCUT2D eigenvalue weighted by Crippen LogP contribution is 2.15. The number of aliphatic carboxylic acids is 1. The Morgan fingerprint density at radius 3 is 3.11 bits per heavy atom. The minimum Gasteiger partial charge on any atom is -0.480 e. The van der Waals surface area contributed by atoms with Gasteiger partial charge in [0.2, 0.25) is 0 Å². The Morgan fingerprint density at radius 1 is 1.67 bits per heavy atom. The standard InChI is InChI=1S/C12H14N4O2/c1-3-4-9(12(17)18)15-11-6-8(2)5-10-13-7-14-16(10)11/h3,5-7,9,15H,1,4H2,2H3,(H,17,18). The van der Waals surface area contributed by atoms with Crippen molar-refractivity contribution in [2.45, 2.75) is 19.4 Å². The molecule has 0 aromatic carbocycles. The van der Waals surface area contributed by atoms with Crippen LogP contribution in [0.25, 0.3) is 5.65 Å². The van der Waals surface area contributed by atoms with Crippen LogP contribution in [-0.2, 0) is 4.79 Å². The molecular weight excluding hydrogens is 232 g/mol. The van der Waals surface area contributed by atoms with Crippen molar-refractivity contribution in [1.29, 1.82) is 0 Å². The van der Waals surface area contributed by atoms with Crippen LogP contribution in [0.5, 0.6) is 0 Å². The normalized spacial score (nSPS) is 12.3. The number of rotatable bonds is 5. The SMILES string of the molecule is C=CCC(Nc1cc(C)cc2ncnn12)C(=O)O. The van der Waals surface area contributed by atoms with Crippen LogP contribution in [0.1, 0.15) is 12.0 Å². The molecule has 2 aromatic rings. The summed E-state index contributed by atoms with van der Waals surface area (Å²) in [7, 11) is 0. The monoisotopic (exact) mass is 246 g/mol. The van der Waals surface area contributed by atoms with Gasteiger partial charge in [-0.2, -0.15) is 9.61 Å². The van der Waals surface area contributed by atoms with Crippen LogP contribution in [-0.4, -0.2) is 31.7 Å². The van der Waals surface area contributed by atoms with Gasteiger partial charge in [0.15, 0.2) is 5.65 Å². The maximum atomic E-state index is 11.1. The zero-order valence-electron chi connectivity index (χ0n) is 10.00. The van der Waals surface area contributed by atoms with Gasteiger partial charge in [0.05, 0.1) is 0 Å². The highest BCUT2D eigenvalue weighted by atomic mass is 16.4. The van der Waals surface area contributed by atoms with E-state index in [0.717, 1.165) is 5.56 Å². The summed E-state index contributed by atoms with van der Waals surface area (Å²) in [6.07, 6.45) is 3.34. The molecular formula is C12H14N4O2. The van der Waals surface area contributed by atoms with Gasteiger partial charge in [-0.1, -0.05) is 6.08 Å². The summed E-state index contributed by atoms with van der Waals surface area (Å²) in [6.45, 7) is 5.48. The van der Waals surface area contributed by atoms with E-state index in [4.69, 9.17) is 5.11 Å². The summed E-state index contributed by atoms with van der Waals surface area (Å²) in [5, 5.41) is 16.1. The number of aryl methyl sites for hydroxylation is 1. The number of anilines is 1. The average molecular weight is 246 g/mol. The van der Waals surface area contributed by atoms with E-state index in [9.17, 15) is 4.79 Å². The van der Waals surface area contributed by atoms with E-state index in [0.29, 0.717) is 17.9 Å². The molecule has 0 saturated heterocycles. The van der Waals surface area contributed by atoms with Crippen molar-refractivity contribution in [3.63, 3.8) is 0 Å². The third-order valence-corrected chi connectivity index (χ3v) is 2.55. The number of hydrogen-bond donors (Lipinski definition) is 2. The number of hydrogen-bond acceptors (Lipinski definition) is 4. The van der Waals surface area contributed by atoms with Gasteiger partial charge in [0.1, 0.15) is 18.2 Å². The minimum absolute atomic E-state index is 0.333. The molecule has 1 atom stereocenters. The molecule has 6 heteroatoms. The van der Waals surface area contributed by atoms with E-state index >= 15 is 0 Å². The first-order valence-corrected chi connectivity index (χ1v) is 5.52. The second-order valence-corrected chi connectivity index (χ2v) is 4.01. The molecule has 0 aliphatic rings. The van der Waals surface area contributed by atoms with Crippen molar-refractivity contribution in [3.05, 3.63) is 36.7 Å². The third-order valence-electron chi connectivity index (χ3n) is 2.55. The maximum Gasteiger partial charge on any atom is 0.326 e. The molecule has 0 saturated carbocycles. The fourth-order valence-electron chi connectivity index (χ4n) is 1.73. The van der Waals surface area contributed by atoms with Crippen LogP contribution in [0, 0.1) is 6.92 Å². The van der Waals surface area contributed by atoms with Gasteiger partial charge < -0.3 is 10.4 Å². The van der Waals surface area contributed by atoms with Crippen LogP contribution in [0.2, 0.25) is 0 Å². The molecule has 18 heavy (non-hydrogen) atoms. The lowest BCUT2D eigenvalue weighted by Crippen LogP contribution is -2.29. The van der Waals surface area contributed by atoms with Gasteiger partial charge in [-0.3, -0.25) is 0 Å². The topological polar surface area (TPSA) is 79.5 Å². The van der Waals surface area contributed by atoms with E-state index in [1.807, 2.05) is 19.1 Å². The Bertz CT molecular complexity index is 591. The first-order valence-electron chi connectivity index (χ1n) is 5.52. The molecule has 2 rings (SSSR count). The molecule has 0 radical (unpaired) electrons. The number of nitrogens with one attached hydrogen (secondary N) is 1. The zero-order chi connectivity index (χ0) is 13.1. The molecule has 0 aliphatic carbocycles. The smallest absolute Gasteiger partial charge is 0.326 e. The zero-order valence-corrected chi connectivity index (χ0v) is 10.00. The van der Waals surface area contributed by atoms with E-state index in [1.165, 1.54) is 6.33 Å². The highest BCUT2D eigenvalue weighted by Gasteiger charge is 2.17. The number of fused-ring (bicyclic) bond motifs is 1. The van der Waals surface area contributed by atoms with E-state index in [-0.39, 0.29) is 0 Å². The summed E-state index contributed by atoms with van der Waals surface area (Å²) in [4.78, 5) is 15.2. The fourth-order valence-corrected chi connectivity index (χ4v) is 1.73. The van der Waals surface area contributed by atoms with Crippen molar-refractivity contribution in [1.82, 2.24) is 14.6 Å². The van der Waals surface area contributed by atoms with Gasteiger partial charge in [0.25, 0.3) is 0 Å². The van der Waals surface area contributed by atoms with Crippen LogP contribution >= 0.6 is 0 Å². The van der Waals surface area contributed by atoms with Crippen molar-refractivity contribution >= 4 is 17.4 Å². The Morgan fingerprint density at radius 2 is 2.44 bits per heavy atom.